The van der Waals surface area contributed by atoms with E-state index in [1.165, 1.54) is 5.56 Å². The number of hydrogen-bond acceptors (Lipinski definition) is 3. The average Bonchev–Trinajstić information content (AvgIpc) is 2.53. The van der Waals surface area contributed by atoms with E-state index in [1.807, 2.05) is 30.0 Å². The fourth-order valence-corrected chi connectivity index (χ4v) is 3.20. The molecular weight excluding hydrogens is 397 g/mol. The van der Waals surface area contributed by atoms with Crippen LogP contribution in [0.5, 0.6) is 5.75 Å². The van der Waals surface area contributed by atoms with Crippen molar-refractivity contribution in [1.82, 2.24) is 4.90 Å². The molecule has 0 bridgehead atoms. The number of nitrogens with two attached hydrogens (primary N) is 1. The molecule has 21 heavy (non-hydrogen) atoms. The van der Waals surface area contributed by atoms with Gasteiger partial charge in [0.05, 0.1) is 7.11 Å². The minimum atomic E-state index is 0. The lowest BCUT2D eigenvalue weighted by atomic mass is 10.0. The summed E-state index contributed by atoms with van der Waals surface area (Å²) in [5.74, 6) is 4.16. The number of aliphatic imine (C=N–C) groups is 1. The van der Waals surface area contributed by atoms with Gasteiger partial charge in [-0.1, -0.05) is 25.1 Å². The van der Waals surface area contributed by atoms with E-state index < -0.39 is 0 Å². The Balaban J connectivity index is 0.00000220. The number of para-hydroxylation sites is 1. The van der Waals surface area contributed by atoms with Crippen molar-refractivity contribution in [3.05, 3.63) is 29.8 Å². The van der Waals surface area contributed by atoms with Crippen LogP contribution >= 0.6 is 35.7 Å². The molecule has 0 saturated carbocycles. The predicted octanol–water partition coefficient (Wildman–Crippen LogP) is 2.78. The maximum atomic E-state index is 6.08. The van der Waals surface area contributed by atoms with Crippen LogP contribution in [-0.2, 0) is 0 Å². The first-order valence-electron chi connectivity index (χ1n) is 6.98. The summed E-state index contributed by atoms with van der Waals surface area (Å²) in [5, 5.41) is 0. The second-order valence-electron chi connectivity index (χ2n) is 4.94. The molecule has 2 rings (SSSR count). The van der Waals surface area contributed by atoms with Gasteiger partial charge in [0, 0.05) is 37.1 Å². The number of methoxy groups -OCH3 is 1. The lowest BCUT2D eigenvalue weighted by Gasteiger charge is -2.27. The maximum absolute atomic E-state index is 6.08. The molecule has 0 radical (unpaired) electrons. The van der Waals surface area contributed by atoms with Crippen LogP contribution in [0.2, 0.25) is 0 Å². The van der Waals surface area contributed by atoms with Gasteiger partial charge in [0.1, 0.15) is 5.75 Å². The van der Waals surface area contributed by atoms with Crippen molar-refractivity contribution < 1.29 is 4.74 Å². The van der Waals surface area contributed by atoms with Crippen molar-refractivity contribution in [2.75, 3.05) is 38.2 Å². The quantitative estimate of drug-likeness (QED) is 0.462. The van der Waals surface area contributed by atoms with E-state index in [0.29, 0.717) is 18.4 Å². The van der Waals surface area contributed by atoms with Crippen LogP contribution in [0.25, 0.3) is 0 Å². The van der Waals surface area contributed by atoms with Crippen molar-refractivity contribution in [3.8, 4) is 5.75 Å². The van der Waals surface area contributed by atoms with Gasteiger partial charge >= 0.3 is 0 Å². The third kappa shape index (κ3) is 5.25. The number of thioether (sulfide) groups is 1. The molecule has 1 heterocycles. The average molecular weight is 421 g/mol. The van der Waals surface area contributed by atoms with E-state index in [1.54, 1.807) is 7.11 Å². The highest BCUT2D eigenvalue weighted by molar-refractivity contribution is 14.0. The normalized spacial score (nSPS) is 17.0. The van der Waals surface area contributed by atoms with Crippen molar-refractivity contribution in [1.29, 1.82) is 0 Å². The topological polar surface area (TPSA) is 50.9 Å². The number of guanidine groups is 1. The van der Waals surface area contributed by atoms with E-state index in [0.717, 1.165) is 30.3 Å². The SMILES string of the molecule is COc1ccccc1C(C)CN=C(N)N1CCSCC1.I. The highest BCUT2D eigenvalue weighted by atomic mass is 127. The molecule has 4 nitrogen and oxygen atoms in total. The van der Waals surface area contributed by atoms with Crippen LogP contribution in [0, 0.1) is 0 Å². The molecule has 1 saturated heterocycles. The van der Waals surface area contributed by atoms with E-state index in [9.17, 15) is 0 Å². The van der Waals surface area contributed by atoms with E-state index in [-0.39, 0.29) is 24.0 Å². The number of hydrogen-bond donors (Lipinski definition) is 1. The van der Waals surface area contributed by atoms with Crippen LogP contribution < -0.4 is 10.5 Å². The third-order valence-electron chi connectivity index (χ3n) is 3.53. The zero-order valence-corrected chi connectivity index (χ0v) is 15.8. The largest absolute Gasteiger partial charge is 0.496 e. The van der Waals surface area contributed by atoms with Crippen LogP contribution in [0.15, 0.2) is 29.3 Å². The summed E-state index contributed by atoms with van der Waals surface area (Å²) in [4.78, 5) is 6.73. The van der Waals surface area contributed by atoms with Crippen LogP contribution in [-0.4, -0.2) is 49.1 Å². The van der Waals surface area contributed by atoms with Gasteiger partial charge < -0.3 is 15.4 Å². The lowest BCUT2D eigenvalue weighted by molar-refractivity contribution is 0.406. The minimum Gasteiger partial charge on any atom is -0.496 e. The summed E-state index contributed by atoms with van der Waals surface area (Å²) in [5.41, 5.74) is 7.26. The molecule has 1 aromatic rings. The van der Waals surface area contributed by atoms with Crippen molar-refractivity contribution in [3.63, 3.8) is 0 Å². The summed E-state index contributed by atoms with van der Waals surface area (Å²) in [6, 6.07) is 8.09. The Morgan fingerprint density at radius 1 is 1.38 bits per heavy atom. The van der Waals surface area contributed by atoms with Gasteiger partial charge in [-0.05, 0) is 11.6 Å². The molecule has 0 spiro atoms. The Morgan fingerprint density at radius 3 is 2.71 bits per heavy atom. The van der Waals surface area contributed by atoms with Gasteiger partial charge in [-0.3, -0.25) is 4.99 Å². The zero-order chi connectivity index (χ0) is 14.4. The Labute approximate surface area is 148 Å². The van der Waals surface area contributed by atoms with E-state index >= 15 is 0 Å². The molecule has 1 fully saturated rings. The summed E-state index contributed by atoms with van der Waals surface area (Å²) in [6.45, 7) is 4.85. The Morgan fingerprint density at radius 2 is 2.05 bits per heavy atom. The second kappa shape index (κ2) is 9.40. The fourth-order valence-electron chi connectivity index (χ4n) is 2.29. The molecule has 0 amide bonds. The molecule has 1 aliphatic rings. The highest BCUT2D eigenvalue weighted by Gasteiger charge is 2.14. The first kappa shape index (κ1) is 18.4. The molecule has 1 aliphatic heterocycles. The van der Waals surface area contributed by atoms with E-state index in [2.05, 4.69) is 22.9 Å². The molecule has 6 heteroatoms. The predicted molar refractivity (Wildman–Crippen MR) is 102 cm³/mol. The first-order valence-corrected chi connectivity index (χ1v) is 8.13. The van der Waals surface area contributed by atoms with Crippen LogP contribution in [0.1, 0.15) is 18.4 Å². The number of halogens is 1. The number of ether oxygens (including phenoxy) is 1. The molecule has 0 aromatic heterocycles. The highest BCUT2D eigenvalue weighted by Crippen LogP contribution is 2.26. The molecule has 1 atom stereocenters. The molecule has 1 unspecified atom stereocenters. The number of benzene rings is 1. The maximum Gasteiger partial charge on any atom is 0.191 e. The summed E-state index contributed by atoms with van der Waals surface area (Å²) >= 11 is 1.97. The molecule has 2 N–H and O–H groups in total. The van der Waals surface area contributed by atoms with Gasteiger partial charge in [-0.2, -0.15) is 11.8 Å². The molecule has 1 aromatic carbocycles. The third-order valence-corrected chi connectivity index (χ3v) is 4.47. The first-order chi connectivity index (χ1) is 9.72. The summed E-state index contributed by atoms with van der Waals surface area (Å²) < 4.78 is 5.40. The minimum absolute atomic E-state index is 0. The Hall–Kier alpha value is -0.630. The van der Waals surface area contributed by atoms with Gasteiger partial charge in [0.2, 0.25) is 0 Å². The van der Waals surface area contributed by atoms with Gasteiger partial charge in [0.15, 0.2) is 5.96 Å². The fraction of sp³-hybridized carbons (Fsp3) is 0.533. The number of nitrogens with zero attached hydrogens (tertiary/aromatic N) is 2. The van der Waals surface area contributed by atoms with Crippen LogP contribution in [0.3, 0.4) is 0 Å². The summed E-state index contributed by atoms with van der Waals surface area (Å²) in [6.07, 6.45) is 0. The van der Waals surface area contributed by atoms with Gasteiger partial charge in [-0.15, -0.1) is 24.0 Å². The van der Waals surface area contributed by atoms with E-state index in [4.69, 9.17) is 10.5 Å². The van der Waals surface area contributed by atoms with Gasteiger partial charge in [0.25, 0.3) is 0 Å². The summed E-state index contributed by atoms with van der Waals surface area (Å²) in [7, 11) is 1.70. The molecular formula is C15H24IN3OS. The van der Waals surface area contributed by atoms with Crippen molar-refractivity contribution in [2.45, 2.75) is 12.8 Å². The van der Waals surface area contributed by atoms with Gasteiger partial charge in [-0.25, -0.2) is 0 Å². The van der Waals surface area contributed by atoms with Crippen molar-refractivity contribution >= 4 is 41.7 Å². The standard InChI is InChI=1S/C15H23N3OS.HI/c1-12(13-5-3-4-6-14(13)19-2)11-17-15(16)18-7-9-20-10-8-18;/h3-6,12H,7-11H2,1-2H3,(H2,16,17);1H. The molecule has 118 valence electrons. The lowest BCUT2D eigenvalue weighted by Crippen LogP contribution is -2.42. The zero-order valence-electron chi connectivity index (χ0n) is 12.6. The number of rotatable bonds is 4. The molecule has 0 aliphatic carbocycles. The smallest absolute Gasteiger partial charge is 0.191 e. The Kier molecular flexibility index (Phi) is 8.24. The van der Waals surface area contributed by atoms with Crippen LogP contribution in [0.4, 0.5) is 0 Å². The Bertz CT molecular complexity index is 464. The second-order valence-corrected chi connectivity index (χ2v) is 6.17. The monoisotopic (exact) mass is 421 g/mol. The van der Waals surface area contributed by atoms with Crippen molar-refractivity contribution in [2.24, 2.45) is 10.7 Å².